The first kappa shape index (κ1) is 13.7. The molecule has 5 nitrogen and oxygen atoms in total. The molecule has 0 radical (unpaired) electrons. The quantitative estimate of drug-likeness (QED) is 0.733. The van der Waals surface area contributed by atoms with Gasteiger partial charge in [-0.25, -0.2) is 0 Å². The number of aromatic nitrogens is 2. The van der Waals surface area contributed by atoms with Crippen molar-refractivity contribution in [2.24, 2.45) is 11.7 Å². The van der Waals surface area contributed by atoms with E-state index in [0.29, 0.717) is 19.6 Å². The fraction of sp³-hybridized carbons (Fsp3) is 0.667. The van der Waals surface area contributed by atoms with Crippen LogP contribution in [-0.2, 0) is 11.3 Å². The zero-order valence-electron chi connectivity index (χ0n) is 10.6. The minimum Gasteiger partial charge on any atom is -0.354 e. The second kappa shape index (κ2) is 7.06. The van der Waals surface area contributed by atoms with Crippen molar-refractivity contribution in [3.05, 3.63) is 18.0 Å². The number of carbonyl (C=O) groups is 1. The average Bonchev–Trinajstić information content (AvgIpc) is 2.71. The van der Waals surface area contributed by atoms with Crippen LogP contribution >= 0.6 is 0 Å². The zero-order chi connectivity index (χ0) is 12.7. The zero-order valence-corrected chi connectivity index (χ0v) is 10.6. The Morgan fingerprint density at radius 1 is 1.65 bits per heavy atom. The van der Waals surface area contributed by atoms with Gasteiger partial charge >= 0.3 is 0 Å². The molecule has 5 heteroatoms. The van der Waals surface area contributed by atoms with Gasteiger partial charge in [0.25, 0.3) is 0 Å². The Bertz CT molecular complexity index is 348. The number of aryl methyl sites for hydroxylation is 1. The Morgan fingerprint density at radius 3 is 3.00 bits per heavy atom. The summed E-state index contributed by atoms with van der Waals surface area (Å²) in [6.45, 7) is 5.90. The van der Waals surface area contributed by atoms with E-state index in [1.165, 1.54) is 0 Å². The Morgan fingerprint density at radius 2 is 2.41 bits per heavy atom. The third kappa shape index (κ3) is 4.99. The molecule has 1 rings (SSSR count). The molecule has 0 saturated heterocycles. The van der Waals surface area contributed by atoms with Gasteiger partial charge in [0.15, 0.2) is 0 Å². The number of rotatable bonds is 7. The van der Waals surface area contributed by atoms with Gasteiger partial charge in [0.2, 0.25) is 5.91 Å². The van der Waals surface area contributed by atoms with Crippen LogP contribution < -0.4 is 11.1 Å². The van der Waals surface area contributed by atoms with E-state index < -0.39 is 0 Å². The van der Waals surface area contributed by atoms with Crippen molar-refractivity contribution in [2.45, 2.75) is 33.2 Å². The lowest BCUT2D eigenvalue weighted by Gasteiger charge is -2.11. The van der Waals surface area contributed by atoms with Crippen LogP contribution in [0.5, 0.6) is 0 Å². The van der Waals surface area contributed by atoms with Gasteiger partial charge in [-0.15, -0.1) is 0 Å². The molecule has 1 atom stereocenters. The van der Waals surface area contributed by atoms with Gasteiger partial charge in [-0.05, 0) is 31.9 Å². The highest BCUT2D eigenvalue weighted by atomic mass is 16.1. The molecule has 17 heavy (non-hydrogen) atoms. The van der Waals surface area contributed by atoms with E-state index in [9.17, 15) is 4.79 Å². The van der Waals surface area contributed by atoms with E-state index in [2.05, 4.69) is 10.4 Å². The predicted octanol–water partition coefficient (Wildman–Crippen LogP) is 0.683. The van der Waals surface area contributed by atoms with Gasteiger partial charge in [0.1, 0.15) is 0 Å². The number of nitrogens with two attached hydrogens (primary N) is 1. The van der Waals surface area contributed by atoms with Crippen LogP contribution in [0.25, 0.3) is 0 Å². The maximum atomic E-state index is 11.7. The maximum absolute atomic E-state index is 11.7. The molecule has 0 bridgehead atoms. The van der Waals surface area contributed by atoms with E-state index in [1.54, 1.807) is 0 Å². The summed E-state index contributed by atoms with van der Waals surface area (Å²) in [6.07, 6.45) is 5.52. The number of nitrogens with one attached hydrogen (secondary N) is 1. The summed E-state index contributed by atoms with van der Waals surface area (Å²) in [5.74, 6) is 0.139. The molecular formula is C12H22N4O. The molecule has 0 aliphatic rings. The van der Waals surface area contributed by atoms with Crippen molar-refractivity contribution >= 4 is 5.91 Å². The summed E-state index contributed by atoms with van der Waals surface area (Å²) in [6, 6.07) is 0. The van der Waals surface area contributed by atoms with Crippen LogP contribution in [0.4, 0.5) is 0 Å². The highest BCUT2D eigenvalue weighted by Crippen LogP contribution is 2.04. The molecule has 3 N–H and O–H groups in total. The minimum atomic E-state index is 0.0397. The van der Waals surface area contributed by atoms with Crippen LogP contribution in [0.2, 0.25) is 0 Å². The van der Waals surface area contributed by atoms with Crippen molar-refractivity contribution in [1.29, 1.82) is 0 Å². The molecule has 0 saturated carbocycles. The fourth-order valence-electron chi connectivity index (χ4n) is 1.61. The summed E-state index contributed by atoms with van der Waals surface area (Å²) in [4.78, 5) is 11.7. The van der Waals surface area contributed by atoms with E-state index in [4.69, 9.17) is 5.73 Å². The van der Waals surface area contributed by atoms with Crippen molar-refractivity contribution in [3.63, 3.8) is 0 Å². The first-order valence-corrected chi connectivity index (χ1v) is 6.10. The van der Waals surface area contributed by atoms with Gasteiger partial charge in [-0.3, -0.25) is 9.48 Å². The molecule has 1 aromatic rings. The Hall–Kier alpha value is -1.36. The standard InChI is InChI=1S/C12H22N4O/c1-10-8-15-16(9-10)7-6-14-12(17)11(2)4-3-5-13/h8-9,11H,3-7,13H2,1-2H3,(H,14,17). The van der Waals surface area contributed by atoms with E-state index >= 15 is 0 Å². The molecular weight excluding hydrogens is 216 g/mol. The lowest BCUT2D eigenvalue weighted by atomic mass is 10.1. The van der Waals surface area contributed by atoms with Crippen molar-refractivity contribution in [3.8, 4) is 0 Å². The molecule has 1 unspecified atom stereocenters. The highest BCUT2D eigenvalue weighted by Gasteiger charge is 2.11. The number of hydrogen-bond donors (Lipinski definition) is 2. The molecule has 0 fully saturated rings. The van der Waals surface area contributed by atoms with Crippen LogP contribution in [0.15, 0.2) is 12.4 Å². The summed E-state index contributed by atoms with van der Waals surface area (Å²) >= 11 is 0. The number of carbonyl (C=O) groups excluding carboxylic acids is 1. The molecule has 96 valence electrons. The van der Waals surface area contributed by atoms with Crippen LogP contribution in [0.3, 0.4) is 0 Å². The lowest BCUT2D eigenvalue weighted by molar-refractivity contribution is -0.124. The first-order chi connectivity index (χ1) is 8.13. The lowest BCUT2D eigenvalue weighted by Crippen LogP contribution is -2.32. The van der Waals surface area contributed by atoms with E-state index in [-0.39, 0.29) is 11.8 Å². The number of hydrogen-bond acceptors (Lipinski definition) is 3. The maximum Gasteiger partial charge on any atom is 0.222 e. The Balaban J connectivity index is 2.19. The summed E-state index contributed by atoms with van der Waals surface area (Å²) in [7, 11) is 0. The van der Waals surface area contributed by atoms with Crippen LogP contribution in [0, 0.1) is 12.8 Å². The highest BCUT2D eigenvalue weighted by molar-refractivity contribution is 5.78. The van der Waals surface area contributed by atoms with Crippen molar-refractivity contribution in [2.75, 3.05) is 13.1 Å². The molecule has 0 aliphatic carbocycles. The average molecular weight is 238 g/mol. The number of amides is 1. The fourth-order valence-corrected chi connectivity index (χ4v) is 1.61. The van der Waals surface area contributed by atoms with Gasteiger partial charge in [-0.2, -0.15) is 5.10 Å². The van der Waals surface area contributed by atoms with E-state index in [1.807, 2.05) is 30.9 Å². The van der Waals surface area contributed by atoms with Crippen LogP contribution in [-0.4, -0.2) is 28.8 Å². The Labute approximate surface area is 102 Å². The molecule has 0 spiro atoms. The minimum absolute atomic E-state index is 0.0397. The van der Waals surface area contributed by atoms with Gasteiger partial charge in [0.05, 0.1) is 12.7 Å². The molecule has 1 heterocycles. The largest absolute Gasteiger partial charge is 0.354 e. The third-order valence-corrected chi connectivity index (χ3v) is 2.69. The van der Waals surface area contributed by atoms with Crippen LogP contribution in [0.1, 0.15) is 25.3 Å². The van der Waals surface area contributed by atoms with Gasteiger partial charge in [0, 0.05) is 18.7 Å². The summed E-state index contributed by atoms with van der Waals surface area (Å²) in [5, 5.41) is 7.06. The normalized spacial score (nSPS) is 12.4. The van der Waals surface area contributed by atoms with Crippen molar-refractivity contribution in [1.82, 2.24) is 15.1 Å². The summed E-state index contributed by atoms with van der Waals surface area (Å²) in [5.41, 5.74) is 6.54. The molecule has 1 aromatic heterocycles. The molecule has 0 aliphatic heterocycles. The first-order valence-electron chi connectivity index (χ1n) is 6.10. The number of nitrogens with zero attached hydrogens (tertiary/aromatic N) is 2. The van der Waals surface area contributed by atoms with Gasteiger partial charge in [-0.1, -0.05) is 6.92 Å². The molecule has 0 aromatic carbocycles. The van der Waals surface area contributed by atoms with Crippen molar-refractivity contribution < 1.29 is 4.79 Å². The Kier molecular flexibility index (Phi) is 5.69. The van der Waals surface area contributed by atoms with Gasteiger partial charge < -0.3 is 11.1 Å². The second-order valence-corrected chi connectivity index (χ2v) is 4.40. The van der Waals surface area contributed by atoms with E-state index in [0.717, 1.165) is 18.4 Å². The monoisotopic (exact) mass is 238 g/mol. The topological polar surface area (TPSA) is 72.9 Å². The SMILES string of the molecule is Cc1cnn(CCNC(=O)C(C)CCCN)c1. The second-order valence-electron chi connectivity index (χ2n) is 4.40. The molecule has 1 amide bonds. The predicted molar refractivity (Wildman–Crippen MR) is 67.4 cm³/mol. The third-order valence-electron chi connectivity index (χ3n) is 2.69. The smallest absolute Gasteiger partial charge is 0.222 e. The summed E-state index contributed by atoms with van der Waals surface area (Å²) < 4.78 is 1.83.